The van der Waals surface area contributed by atoms with Crippen molar-refractivity contribution in [3.63, 3.8) is 0 Å². The van der Waals surface area contributed by atoms with Crippen molar-refractivity contribution in [1.82, 2.24) is 4.40 Å². The zero-order valence-electron chi connectivity index (χ0n) is 18.0. The Morgan fingerprint density at radius 1 is 0.967 bits per heavy atom. The van der Waals surface area contributed by atoms with E-state index in [2.05, 4.69) is 58.0 Å². The monoisotopic (exact) mass is 397 g/mol. The summed E-state index contributed by atoms with van der Waals surface area (Å²) < 4.78 is 8.15. The van der Waals surface area contributed by atoms with Crippen LogP contribution in [0.1, 0.15) is 48.0 Å². The highest BCUT2D eigenvalue weighted by Gasteiger charge is 2.21. The van der Waals surface area contributed by atoms with Gasteiger partial charge in [-0.25, -0.2) is 0 Å². The molecule has 0 fully saturated rings. The molecule has 2 aromatic carbocycles. The molecule has 0 saturated carbocycles. The molecule has 3 nitrogen and oxygen atoms in total. The highest BCUT2D eigenvalue weighted by atomic mass is 16.5. The number of carbonyl (C=O) groups excluding carboxylic acids is 1. The zero-order chi connectivity index (χ0) is 21.3. The third-order valence-electron chi connectivity index (χ3n) is 5.42. The maximum absolute atomic E-state index is 11.9. The van der Waals surface area contributed by atoms with E-state index in [-0.39, 0.29) is 5.41 Å². The number of pyridine rings is 1. The number of aryl methyl sites for hydroxylation is 1. The maximum atomic E-state index is 11.9. The van der Waals surface area contributed by atoms with Crippen LogP contribution < -0.4 is 4.74 Å². The van der Waals surface area contributed by atoms with Gasteiger partial charge < -0.3 is 9.14 Å². The van der Waals surface area contributed by atoms with Crippen LogP contribution >= 0.6 is 0 Å². The van der Waals surface area contributed by atoms with E-state index in [1.54, 1.807) is 0 Å². The fourth-order valence-corrected chi connectivity index (χ4v) is 3.81. The number of benzene rings is 2. The first-order valence-corrected chi connectivity index (χ1v) is 10.3. The van der Waals surface area contributed by atoms with Gasteiger partial charge in [0.15, 0.2) is 6.29 Å². The Hall–Kier alpha value is -3.33. The lowest BCUT2D eigenvalue weighted by molar-refractivity contribution is 0.111. The van der Waals surface area contributed by atoms with Crippen LogP contribution in [0.5, 0.6) is 5.75 Å². The van der Waals surface area contributed by atoms with Gasteiger partial charge in [-0.15, -0.1) is 0 Å². The number of aromatic nitrogens is 1. The number of aldehydes is 1. The molecule has 30 heavy (non-hydrogen) atoms. The summed E-state index contributed by atoms with van der Waals surface area (Å²) in [5, 5.41) is 0. The molecular weight excluding hydrogens is 370 g/mol. The Bertz CT molecular complexity index is 1200. The zero-order valence-corrected chi connectivity index (χ0v) is 18.0. The lowest BCUT2D eigenvalue weighted by atomic mass is 9.84. The van der Waals surface area contributed by atoms with Gasteiger partial charge in [-0.3, -0.25) is 4.79 Å². The van der Waals surface area contributed by atoms with Crippen molar-refractivity contribution in [2.45, 2.75) is 39.7 Å². The summed E-state index contributed by atoms with van der Waals surface area (Å²) >= 11 is 0. The predicted molar refractivity (Wildman–Crippen MR) is 122 cm³/mol. The number of ether oxygens (including phenoxy) is 1. The van der Waals surface area contributed by atoms with Crippen molar-refractivity contribution < 1.29 is 9.53 Å². The fraction of sp³-hybridized carbons (Fsp3) is 0.222. The normalized spacial score (nSPS) is 11.6. The summed E-state index contributed by atoms with van der Waals surface area (Å²) in [6.07, 6.45) is 2.90. The third-order valence-corrected chi connectivity index (χ3v) is 5.42. The molecule has 0 bridgehead atoms. The maximum Gasteiger partial charge on any atom is 0.167 e. The second-order valence-corrected chi connectivity index (χ2v) is 8.80. The summed E-state index contributed by atoms with van der Waals surface area (Å²) in [5.74, 6) is 0.877. The van der Waals surface area contributed by atoms with Crippen LogP contribution in [0.3, 0.4) is 0 Å². The highest BCUT2D eigenvalue weighted by molar-refractivity contribution is 5.90. The quantitative estimate of drug-likeness (QED) is 0.355. The summed E-state index contributed by atoms with van der Waals surface area (Å²) in [6.45, 7) is 9.13. The number of carbonyl (C=O) groups is 1. The van der Waals surface area contributed by atoms with E-state index in [1.807, 2.05) is 47.0 Å². The first-order valence-electron chi connectivity index (χ1n) is 10.3. The Morgan fingerprint density at radius 2 is 1.73 bits per heavy atom. The van der Waals surface area contributed by atoms with Crippen molar-refractivity contribution in [2.75, 3.05) is 0 Å². The SMILES string of the molecule is Cc1ccn2c(C=O)c(-c3ccc(OCc4ccccc4)c(C(C)(C)C)c3)cc2c1. The molecule has 4 aromatic rings. The molecule has 0 amide bonds. The second-order valence-electron chi connectivity index (χ2n) is 8.80. The molecule has 4 rings (SSSR count). The number of nitrogens with zero attached hydrogens (tertiary/aromatic N) is 1. The van der Waals surface area contributed by atoms with Gasteiger partial charge in [-0.2, -0.15) is 0 Å². The topological polar surface area (TPSA) is 30.7 Å². The lowest BCUT2D eigenvalue weighted by Crippen LogP contribution is -2.13. The van der Waals surface area contributed by atoms with Crippen LogP contribution in [0.2, 0.25) is 0 Å². The highest BCUT2D eigenvalue weighted by Crippen LogP contribution is 2.37. The van der Waals surface area contributed by atoms with E-state index in [0.717, 1.165) is 39.8 Å². The van der Waals surface area contributed by atoms with Crippen LogP contribution in [0, 0.1) is 6.92 Å². The van der Waals surface area contributed by atoms with Crippen LogP contribution in [-0.4, -0.2) is 10.7 Å². The summed E-state index contributed by atoms with van der Waals surface area (Å²) in [7, 11) is 0. The van der Waals surface area contributed by atoms with Gasteiger partial charge in [0.1, 0.15) is 12.4 Å². The molecular formula is C27H27NO2. The summed E-state index contributed by atoms with van der Waals surface area (Å²) in [6, 6.07) is 22.6. The summed E-state index contributed by atoms with van der Waals surface area (Å²) in [5.41, 5.74) is 6.99. The van der Waals surface area contributed by atoms with Gasteiger partial charge in [0, 0.05) is 22.8 Å². The minimum atomic E-state index is -0.0981. The molecule has 0 N–H and O–H groups in total. The predicted octanol–water partition coefficient (Wildman–Crippen LogP) is 6.60. The molecule has 0 aliphatic heterocycles. The number of fused-ring (bicyclic) bond motifs is 1. The lowest BCUT2D eigenvalue weighted by Gasteiger charge is -2.24. The molecule has 2 heterocycles. The van der Waals surface area contributed by atoms with Gasteiger partial charge in [0.05, 0.1) is 5.69 Å². The van der Waals surface area contributed by atoms with Gasteiger partial charge in [-0.05, 0) is 59.4 Å². The van der Waals surface area contributed by atoms with E-state index in [9.17, 15) is 4.79 Å². The number of hydrogen-bond acceptors (Lipinski definition) is 2. The molecule has 0 saturated heterocycles. The van der Waals surface area contributed by atoms with Crippen molar-refractivity contribution in [1.29, 1.82) is 0 Å². The molecule has 0 spiro atoms. The smallest absolute Gasteiger partial charge is 0.167 e. The van der Waals surface area contributed by atoms with E-state index in [1.165, 1.54) is 5.56 Å². The minimum Gasteiger partial charge on any atom is -0.489 e. The van der Waals surface area contributed by atoms with E-state index < -0.39 is 0 Å². The first kappa shape index (κ1) is 20.0. The van der Waals surface area contributed by atoms with Crippen LogP contribution in [0.15, 0.2) is 72.9 Å². The van der Waals surface area contributed by atoms with Gasteiger partial charge >= 0.3 is 0 Å². The molecule has 0 unspecified atom stereocenters. The van der Waals surface area contributed by atoms with E-state index in [4.69, 9.17) is 4.74 Å². The minimum absolute atomic E-state index is 0.0981. The number of rotatable bonds is 5. The van der Waals surface area contributed by atoms with Crippen molar-refractivity contribution >= 4 is 11.8 Å². The van der Waals surface area contributed by atoms with E-state index in [0.29, 0.717) is 12.3 Å². The van der Waals surface area contributed by atoms with Crippen LogP contribution in [0.25, 0.3) is 16.6 Å². The molecule has 2 aromatic heterocycles. The Balaban J connectivity index is 1.77. The Labute approximate surface area is 177 Å². The largest absolute Gasteiger partial charge is 0.489 e. The molecule has 3 heteroatoms. The fourth-order valence-electron chi connectivity index (χ4n) is 3.81. The summed E-state index contributed by atoms with van der Waals surface area (Å²) in [4.78, 5) is 11.9. The molecule has 0 aliphatic rings. The average molecular weight is 398 g/mol. The van der Waals surface area contributed by atoms with Crippen molar-refractivity contribution in [3.8, 4) is 16.9 Å². The van der Waals surface area contributed by atoms with Crippen LogP contribution in [-0.2, 0) is 12.0 Å². The first-order chi connectivity index (χ1) is 14.4. The van der Waals surface area contributed by atoms with Gasteiger partial charge in [0.2, 0.25) is 0 Å². The standard InChI is InChI=1S/C27H27NO2/c1-19-12-13-28-22(14-19)16-23(25(28)17-29)21-10-11-26(24(15-21)27(2,3)4)30-18-20-8-6-5-7-9-20/h5-17H,18H2,1-4H3. The third kappa shape index (κ3) is 3.88. The average Bonchev–Trinajstić information content (AvgIpc) is 3.09. The molecule has 152 valence electrons. The Kier molecular flexibility index (Phi) is 5.21. The van der Waals surface area contributed by atoms with Crippen LogP contribution in [0.4, 0.5) is 0 Å². The van der Waals surface area contributed by atoms with Crippen molar-refractivity contribution in [3.05, 3.63) is 95.3 Å². The second kappa shape index (κ2) is 7.83. The molecule has 0 aliphatic carbocycles. The molecule has 0 atom stereocenters. The van der Waals surface area contributed by atoms with Gasteiger partial charge in [0.25, 0.3) is 0 Å². The van der Waals surface area contributed by atoms with E-state index >= 15 is 0 Å². The number of hydrogen-bond donors (Lipinski definition) is 0. The van der Waals surface area contributed by atoms with Crippen molar-refractivity contribution in [2.24, 2.45) is 0 Å². The molecule has 0 radical (unpaired) electrons. The van der Waals surface area contributed by atoms with Gasteiger partial charge in [-0.1, -0.05) is 57.2 Å². The Morgan fingerprint density at radius 3 is 2.43 bits per heavy atom.